The van der Waals surface area contributed by atoms with E-state index in [4.69, 9.17) is 0 Å². The first-order valence-electron chi connectivity index (χ1n) is 10.2. The van der Waals surface area contributed by atoms with Gasteiger partial charge in [-0.3, -0.25) is 4.79 Å². The number of amides is 1. The zero-order valence-corrected chi connectivity index (χ0v) is 16.2. The van der Waals surface area contributed by atoms with Crippen molar-refractivity contribution < 1.29 is 9.18 Å². The van der Waals surface area contributed by atoms with Crippen molar-refractivity contribution in [3.8, 4) is 0 Å². The van der Waals surface area contributed by atoms with E-state index >= 15 is 0 Å². The third-order valence-corrected chi connectivity index (χ3v) is 4.67. The third-order valence-electron chi connectivity index (χ3n) is 4.67. The van der Waals surface area contributed by atoms with Crippen LogP contribution >= 0.6 is 0 Å². The van der Waals surface area contributed by atoms with Gasteiger partial charge < -0.3 is 4.90 Å². The summed E-state index contributed by atoms with van der Waals surface area (Å²) in [5.41, 5.74) is 0.472. The Labute approximate surface area is 153 Å². The number of unbranched alkanes of at least 4 members (excludes halogenated alkanes) is 9. The molecule has 0 aromatic heterocycles. The molecule has 0 unspecified atom stereocenters. The highest BCUT2D eigenvalue weighted by Gasteiger charge is 2.15. The van der Waals surface area contributed by atoms with Gasteiger partial charge in [0.05, 0.1) is 0 Å². The highest BCUT2D eigenvalue weighted by Crippen LogP contribution is 2.12. The van der Waals surface area contributed by atoms with E-state index in [2.05, 4.69) is 13.8 Å². The molecule has 0 aliphatic rings. The highest BCUT2D eigenvalue weighted by molar-refractivity contribution is 5.94. The van der Waals surface area contributed by atoms with Gasteiger partial charge in [-0.25, -0.2) is 4.39 Å². The van der Waals surface area contributed by atoms with Gasteiger partial charge in [0.25, 0.3) is 5.91 Å². The Morgan fingerprint density at radius 3 is 1.88 bits per heavy atom. The van der Waals surface area contributed by atoms with Gasteiger partial charge in [-0.05, 0) is 31.0 Å². The summed E-state index contributed by atoms with van der Waals surface area (Å²) < 4.78 is 13.4. The van der Waals surface area contributed by atoms with E-state index in [1.165, 1.54) is 63.5 Å². The van der Waals surface area contributed by atoms with Crippen molar-refractivity contribution in [2.45, 2.75) is 84.5 Å². The number of carbonyl (C=O) groups excluding carboxylic acids is 1. The predicted molar refractivity (Wildman–Crippen MR) is 104 cm³/mol. The lowest BCUT2D eigenvalue weighted by Gasteiger charge is -2.23. The van der Waals surface area contributed by atoms with Crippen molar-refractivity contribution in [2.75, 3.05) is 13.1 Å². The van der Waals surface area contributed by atoms with Crippen LogP contribution in [0, 0.1) is 5.82 Å². The molecule has 0 radical (unpaired) electrons. The van der Waals surface area contributed by atoms with Crippen LogP contribution in [0.2, 0.25) is 0 Å². The molecule has 1 aromatic carbocycles. The number of halogens is 1. The number of hydrogen-bond acceptors (Lipinski definition) is 1. The summed E-state index contributed by atoms with van der Waals surface area (Å²) in [6.45, 7) is 6.00. The van der Waals surface area contributed by atoms with Crippen LogP contribution in [0.3, 0.4) is 0 Å². The van der Waals surface area contributed by atoms with E-state index in [0.29, 0.717) is 5.56 Å². The first kappa shape index (κ1) is 21.7. The molecule has 1 aromatic rings. The molecular weight excluding hydrogens is 313 g/mol. The number of rotatable bonds is 14. The summed E-state index contributed by atoms with van der Waals surface area (Å²) in [6, 6.07) is 6.08. The lowest BCUT2D eigenvalue weighted by Crippen LogP contribution is -2.33. The lowest BCUT2D eigenvalue weighted by molar-refractivity contribution is 0.0748. The van der Waals surface area contributed by atoms with Crippen molar-refractivity contribution in [2.24, 2.45) is 0 Å². The van der Waals surface area contributed by atoms with E-state index in [9.17, 15) is 9.18 Å². The maximum absolute atomic E-state index is 13.4. The Hall–Kier alpha value is -1.38. The van der Waals surface area contributed by atoms with Crippen molar-refractivity contribution in [3.05, 3.63) is 35.6 Å². The summed E-state index contributed by atoms with van der Waals surface area (Å²) in [5, 5.41) is 0. The molecule has 0 aliphatic heterocycles. The molecule has 25 heavy (non-hydrogen) atoms. The molecule has 0 N–H and O–H groups in total. The van der Waals surface area contributed by atoms with Crippen molar-refractivity contribution in [3.63, 3.8) is 0 Å². The first-order chi connectivity index (χ1) is 12.2. The minimum Gasteiger partial charge on any atom is -0.339 e. The largest absolute Gasteiger partial charge is 0.339 e. The van der Waals surface area contributed by atoms with Gasteiger partial charge in [0.1, 0.15) is 5.82 Å². The normalized spacial score (nSPS) is 10.8. The van der Waals surface area contributed by atoms with Crippen LogP contribution in [0.5, 0.6) is 0 Å². The smallest absolute Gasteiger partial charge is 0.253 e. The fraction of sp³-hybridized carbons (Fsp3) is 0.682. The summed E-state index contributed by atoms with van der Waals surface area (Å²) in [4.78, 5) is 14.7. The topological polar surface area (TPSA) is 20.3 Å². The van der Waals surface area contributed by atoms with Gasteiger partial charge in [0, 0.05) is 18.7 Å². The molecule has 142 valence electrons. The molecule has 0 bridgehead atoms. The van der Waals surface area contributed by atoms with Crippen LogP contribution in [0.1, 0.15) is 94.8 Å². The Morgan fingerprint density at radius 2 is 1.36 bits per heavy atom. The molecule has 0 atom stereocenters. The average Bonchev–Trinajstić information content (AvgIpc) is 2.62. The molecule has 0 fully saturated rings. The van der Waals surface area contributed by atoms with Crippen LogP contribution in [0.25, 0.3) is 0 Å². The van der Waals surface area contributed by atoms with Crippen LogP contribution in [-0.2, 0) is 0 Å². The van der Waals surface area contributed by atoms with Crippen LogP contribution < -0.4 is 0 Å². The van der Waals surface area contributed by atoms with E-state index in [1.54, 1.807) is 12.1 Å². The first-order valence-corrected chi connectivity index (χ1v) is 10.2. The Balaban J connectivity index is 2.49. The minimum atomic E-state index is -0.340. The predicted octanol–water partition coefficient (Wildman–Crippen LogP) is 6.60. The maximum Gasteiger partial charge on any atom is 0.253 e. The van der Waals surface area contributed by atoms with Crippen LogP contribution in [0.15, 0.2) is 24.3 Å². The maximum atomic E-state index is 13.4. The summed E-state index contributed by atoms with van der Waals surface area (Å²) in [7, 11) is 0. The lowest BCUT2D eigenvalue weighted by atomic mass is 10.1. The Bertz CT molecular complexity index is 475. The molecule has 2 nitrogen and oxygen atoms in total. The second-order valence-corrected chi connectivity index (χ2v) is 6.98. The zero-order chi connectivity index (χ0) is 18.3. The van der Waals surface area contributed by atoms with Gasteiger partial charge in [-0.1, -0.05) is 77.7 Å². The summed E-state index contributed by atoms with van der Waals surface area (Å²) in [6.07, 6.45) is 13.2. The third kappa shape index (κ3) is 9.62. The van der Waals surface area contributed by atoms with Crippen molar-refractivity contribution >= 4 is 5.91 Å². The number of benzene rings is 1. The van der Waals surface area contributed by atoms with E-state index in [1.807, 2.05) is 4.90 Å². The second kappa shape index (κ2) is 13.9. The van der Waals surface area contributed by atoms with Gasteiger partial charge in [-0.2, -0.15) is 0 Å². The van der Waals surface area contributed by atoms with Gasteiger partial charge >= 0.3 is 0 Å². The fourth-order valence-corrected chi connectivity index (χ4v) is 3.11. The SMILES string of the molecule is CCCCCCCCN(CCCCCCC)C(=O)c1cccc(F)c1. The van der Waals surface area contributed by atoms with Crippen molar-refractivity contribution in [1.82, 2.24) is 4.90 Å². The van der Waals surface area contributed by atoms with Gasteiger partial charge in [0.2, 0.25) is 0 Å². The number of nitrogens with zero attached hydrogens (tertiary/aromatic N) is 1. The minimum absolute atomic E-state index is 0.0245. The average molecular weight is 350 g/mol. The fourth-order valence-electron chi connectivity index (χ4n) is 3.11. The van der Waals surface area contributed by atoms with Crippen LogP contribution in [0.4, 0.5) is 4.39 Å². The quantitative estimate of drug-likeness (QED) is 0.347. The standard InChI is InChI=1S/C22H36FNO/c1-3-5-7-9-11-13-18-24(17-12-10-8-6-4-2)22(25)20-15-14-16-21(23)19-20/h14-16,19H,3-13,17-18H2,1-2H3. The monoisotopic (exact) mass is 349 g/mol. The molecule has 0 aliphatic carbocycles. The van der Waals surface area contributed by atoms with Crippen LogP contribution in [-0.4, -0.2) is 23.9 Å². The molecule has 1 amide bonds. The second-order valence-electron chi connectivity index (χ2n) is 6.98. The molecule has 0 heterocycles. The number of carbonyl (C=O) groups is 1. The van der Waals surface area contributed by atoms with Gasteiger partial charge in [-0.15, -0.1) is 0 Å². The number of hydrogen-bond donors (Lipinski definition) is 0. The van der Waals surface area contributed by atoms with Gasteiger partial charge in [0.15, 0.2) is 0 Å². The molecule has 0 saturated heterocycles. The Kier molecular flexibility index (Phi) is 12.0. The molecule has 0 saturated carbocycles. The molecule has 0 spiro atoms. The zero-order valence-electron chi connectivity index (χ0n) is 16.2. The molecule has 1 rings (SSSR count). The summed E-state index contributed by atoms with van der Waals surface area (Å²) in [5.74, 6) is -0.364. The van der Waals surface area contributed by atoms with E-state index in [0.717, 1.165) is 32.4 Å². The summed E-state index contributed by atoms with van der Waals surface area (Å²) >= 11 is 0. The van der Waals surface area contributed by atoms with E-state index < -0.39 is 0 Å². The van der Waals surface area contributed by atoms with Crippen molar-refractivity contribution in [1.29, 1.82) is 0 Å². The molecular formula is C22H36FNO. The Morgan fingerprint density at radius 1 is 0.840 bits per heavy atom. The van der Waals surface area contributed by atoms with E-state index in [-0.39, 0.29) is 11.7 Å². The highest BCUT2D eigenvalue weighted by atomic mass is 19.1. The molecule has 3 heteroatoms.